The second-order valence-electron chi connectivity index (χ2n) is 8.91. The van der Waals surface area contributed by atoms with E-state index in [0.717, 1.165) is 22.4 Å². The fraction of sp³-hybridized carbons (Fsp3) is 0.286. The lowest BCUT2D eigenvalue weighted by Gasteiger charge is -2.37. The molecule has 34 heavy (non-hydrogen) atoms. The van der Waals surface area contributed by atoms with E-state index in [4.69, 9.17) is 9.47 Å². The van der Waals surface area contributed by atoms with Crippen molar-refractivity contribution in [3.05, 3.63) is 95.6 Å². The standard InChI is InChI=1S/C28H28N2O4/c31-27(14-20-7-3-1-4-8-20)30-17-23(22-9-5-2-6-10-22)15-24(18-30)28(32)29-16-21-11-12-25-26(13-21)34-19-33-25/h1-13,23-24H,14-19H2,(H,29,32). The Bertz CT molecular complexity index is 1150. The van der Waals surface area contributed by atoms with Gasteiger partial charge in [-0.1, -0.05) is 66.7 Å². The zero-order valence-corrected chi connectivity index (χ0v) is 19.0. The monoisotopic (exact) mass is 456 g/mol. The van der Waals surface area contributed by atoms with Gasteiger partial charge >= 0.3 is 0 Å². The minimum absolute atomic E-state index is 0.0317. The molecular weight excluding hydrogens is 428 g/mol. The van der Waals surface area contributed by atoms with Crippen molar-refractivity contribution in [3.63, 3.8) is 0 Å². The molecule has 1 fully saturated rings. The highest BCUT2D eigenvalue weighted by Crippen LogP contribution is 2.33. The van der Waals surface area contributed by atoms with Gasteiger partial charge in [-0.05, 0) is 35.2 Å². The second-order valence-corrected chi connectivity index (χ2v) is 8.91. The molecule has 2 aliphatic rings. The van der Waals surface area contributed by atoms with Crippen LogP contribution in [0.5, 0.6) is 11.5 Å². The molecule has 2 aliphatic heterocycles. The topological polar surface area (TPSA) is 67.9 Å². The van der Waals surface area contributed by atoms with E-state index in [9.17, 15) is 9.59 Å². The van der Waals surface area contributed by atoms with Crippen LogP contribution in [0.4, 0.5) is 0 Å². The number of carbonyl (C=O) groups is 2. The number of hydrogen-bond donors (Lipinski definition) is 1. The number of likely N-dealkylation sites (tertiary alicyclic amines) is 1. The van der Waals surface area contributed by atoms with Gasteiger partial charge in [0.1, 0.15) is 0 Å². The van der Waals surface area contributed by atoms with E-state index in [-0.39, 0.29) is 30.4 Å². The molecule has 3 aromatic carbocycles. The lowest BCUT2D eigenvalue weighted by molar-refractivity contribution is -0.135. The van der Waals surface area contributed by atoms with Crippen molar-refractivity contribution in [3.8, 4) is 11.5 Å². The number of amides is 2. The Morgan fingerprint density at radius 2 is 1.59 bits per heavy atom. The van der Waals surface area contributed by atoms with Gasteiger partial charge in [0.05, 0.1) is 12.3 Å². The van der Waals surface area contributed by atoms with Crippen molar-refractivity contribution in [1.82, 2.24) is 10.2 Å². The lowest BCUT2D eigenvalue weighted by Crippen LogP contribution is -2.48. The van der Waals surface area contributed by atoms with E-state index in [2.05, 4.69) is 17.4 Å². The molecule has 1 N–H and O–H groups in total. The fourth-order valence-corrected chi connectivity index (χ4v) is 4.73. The van der Waals surface area contributed by atoms with Crippen molar-refractivity contribution in [2.45, 2.75) is 25.3 Å². The summed E-state index contributed by atoms with van der Waals surface area (Å²) in [4.78, 5) is 28.2. The number of ether oxygens (including phenoxy) is 2. The van der Waals surface area contributed by atoms with E-state index >= 15 is 0 Å². The summed E-state index contributed by atoms with van der Waals surface area (Å²) >= 11 is 0. The molecule has 0 aromatic heterocycles. The van der Waals surface area contributed by atoms with Crippen molar-refractivity contribution >= 4 is 11.8 Å². The summed E-state index contributed by atoms with van der Waals surface area (Å²) in [5, 5.41) is 3.07. The molecule has 0 spiro atoms. The highest BCUT2D eigenvalue weighted by atomic mass is 16.7. The van der Waals surface area contributed by atoms with Crippen LogP contribution in [0.15, 0.2) is 78.9 Å². The third kappa shape index (κ3) is 5.06. The summed E-state index contributed by atoms with van der Waals surface area (Å²) in [7, 11) is 0. The molecule has 0 radical (unpaired) electrons. The SMILES string of the molecule is O=C(NCc1ccc2c(c1)OCO2)C1CC(c2ccccc2)CN(C(=O)Cc2ccccc2)C1. The van der Waals surface area contributed by atoms with Gasteiger partial charge in [-0.15, -0.1) is 0 Å². The molecule has 0 saturated carbocycles. The first kappa shape index (κ1) is 22.0. The van der Waals surface area contributed by atoms with Crippen molar-refractivity contribution in [2.24, 2.45) is 5.92 Å². The van der Waals surface area contributed by atoms with Gasteiger partial charge in [-0.2, -0.15) is 0 Å². The highest BCUT2D eigenvalue weighted by Gasteiger charge is 2.34. The highest BCUT2D eigenvalue weighted by molar-refractivity contribution is 5.82. The van der Waals surface area contributed by atoms with Gasteiger partial charge in [-0.3, -0.25) is 9.59 Å². The molecule has 2 amide bonds. The van der Waals surface area contributed by atoms with Crippen LogP contribution in [-0.2, 0) is 22.6 Å². The molecule has 2 heterocycles. The molecule has 6 nitrogen and oxygen atoms in total. The van der Waals surface area contributed by atoms with E-state index in [1.54, 1.807) is 0 Å². The van der Waals surface area contributed by atoms with Crippen molar-refractivity contribution in [1.29, 1.82) is 0 Å². The lowest BCUT2D eigenvalue weighted by atomic mass is 9.83. The molecule has 2 atom stereocenters. The van der Waals surface area contributed by atoms with E-state index in [0.29, 0.717) is 38.2 Å². The van der Waals surface area contributed by atoms with Crippen molar-refractivity contribution in [2.75, 3.05) is 19.9 Å². The maximum atomic E-state index is 13.2. The molecular formula is C28H28N2O4. The van der Waals surface area contributed by atoms with Crippen LogP contribution >= 0.6 is 0 Å². The van der Waals surface area contributed by atoms with Crippen LogP contribution in [0.25, 0.3) is 0 Å². The third-order valence-electron chi connectivity index (χ3n) is 6.55. The summed E-state index contributed by atoms with van der Waals surface area (Å²) in [6.07, 6.45) is 1.06. The molecule has 5 rings (SSSR count). The molecule has 6 heteroatoms. The fourth-order valence-electron chi connectivity index (χ4n) is 4.73. The summed E-state index contributed by atoms with van der Waals surface area (Å²) in [6.45, 7) is 1.68. The van der Waals surface area contributed by atoms with Gasteiger partial charge in [0.2, 0.25) is 18.6 Å². The van der Waals surface area contributed by atoms with E-state index in [1.165, 1.54) is 0 Å². The van der Waals surface area contributed by atoms with Gasteiger partial charge in [-0.25, -0.2) is 0 Å². The average Bonchev–Trinajstić information content (AvgIpc) is 3.36. The number of carbonyl (C=O) groups excluding carboxylic acids is 2. The number of fused-ring (bicyclic) bond motifs is 1. The number of hydrogen-bond acceptors (Lipinski definition) is 4. The summed E-state index contributed by atoms with van der Waals surface area (Å²) < 4.78 is 10.8. The number of rotatable bonds is 6. The average molecular weight is 457 g/mol. The molecule has 3 aromatic rings. The van der Waals surface area contributed by atoms with Crippen LogP contribution in [0.1, 0.15) is 29.0 Å². The predicted molar refractivity (Wildman–Crippen MR) is 128 cm³/mol. The number of benzene rings is 3. The Morgan fingerprint density at radius 3 is 2.38 bits per heavy atom. The van der Waals surface area contributed by atoms with Crippen LogP contribution in [0, 0.1) is 5.92 Å². The first-order valence-corrected chi connectivity index (χ1v) is 11.7. The second kappa shape index (κ2) is 10.00. The Labute approximate surface area is 199 Å². The smallest absolute Gasteiger partial charge is 0.231 e. The zero-order chi connectivity index (χ0) is 23.3. The van der Waals surface area contributed by atoms with Crippen LogP contribution in [0.2, 0.25) is 0 Å². The van der Waals surface area contributed by atoms with E-state index < -0.39 is 0 Å². The number of nitrogens with one attached hydrogen (secondary N) is 1. The van der Waals surface area contributed by atoms with Crippen LogP contribution < -0.4 is 14.8 Å². The van der Waals surface area contributed by atoms with Gasteiger partial charge in [0.25, 0.3) is 0 Å². The third-order valence-corrected chi connectivity index (χ3v) is 6.55. The minimum atomic E-state index is -0.271. The first-order valence-electron chi connectivity index (χ1n) is 11.7. The van der Waals surface area contributed by atoms with E-state index in [1.807, 2.05) is 71.6 Å². The quantitative estimate of drug-likeness (QED) is 0.611. The Morgan fingerprint density at radius 1 is 0.853 bits per heavy atom. The normalized spacial score (nSPS) is 19.0. The van der Waals surface area contributed by atoms with Crippen molar-refractivity contribution < 1.29 is 19.1 Å². The minimum Gasteiger partial charge on any atom is -0.454 e. The molecule has 174 valence electrons. The summed E-state index contributed by atoms with van der Waals surface area (Å²) in [5.74, 6) is 1.30. The Kier molecular flexibility index (Phi) is 6.47. The number of piperidine rings is 1. The number of nitrogens with zero attached hydrogens (tertiary/aromatic N) is 1. The Balaban J connectivity index is 1.28. The Hall–Kier alpha value is -3.80. The molecule has 0 bridgehead atoms. The zero-order valence-electron chi connectivity index (χ0n) is 19.0. The summed E-state index contributed by atoms with van der Waals surface area (Å²) in [6, 6.07) is 25.6. The van der Waals surface area contributed by atoms with Crippen LogP contribution in [-0.4, -0.2) is 36.6 Å². The molecule has 2 unspecified atom stereocenters. The predicted octanol–water partition coefficient (Wildman–Crippen LogP) is 3.91. The maximum Gasteiger partial charge on any atom is 0.231 e. The van der Waals surface area contributed by atoms with Crippen LogP contribution in [0.3, 0.4) is 0 Å². The van der Waals surface area contributed by atoms with Gasteiger partial charge < -0.3 is 19.7 Å². The van der Waals surface area contributed by atoms with Gasteiger partial charge in [0.15, 0.2) is 11.5 Å². The summed E-state index contributed by atoms with van der Waals surface area (Å²) in [5.41, 5.74) is 3.09. The maximum absolute atomic E-state index is 13.2. The molecule has 1 saturated heterocycles. The largest absolute Gasteiger partial charge is 0.454 e. The van der Waals surface area contributed by atoms with Gasteiger partial charge in [0, 0.05) is 25.6 Å². The first-order chi connectivity index (χ1) is 16.7. The molecule has 0 aliphatic carbocycles.